The van der Waals surface area contributed by atoms with Gasteiger partial charge in [-0.15, -0.1) is 0 Å². The van der Waals surface area contributed by atoms with Gasteiger partial charge in [0.2, 0.25) is 0 Å². The van der Waals surface area contributed by atoms with Gasteiger partial charge in [-0.05, 0) is 36.8 Å². The average Bonchev–Trinajstić information content (AvgIpc) is 2.41. The molecule has 0 heterocycles. The van der Waals surface area contributed by atoms with Crippen molar-refractivity contribution < 1.29 is 9.47 Å². The van der Waals surface area contributed by atoms with Gasteiger partial charge in [0.25, 0.3) is 0 Å². The first-order chi connectivity index (χ1) is 9.13. The van der Waals surface area contributed by atoms with Crippen LogP contribution >= 0.6 is 11.6 Å². The van der Waals surface area contributed by atoms with Gasteiger partial charge in [0.15, 0.2) is 0 Å². The molecule has 0 aliphatic heterocycles. The number of ether oxygens (including phenoxy) is 2. The zero-order valence-corrected chi connectivity index (χ0v) is 11.4. The smallest absolute Gasteiger partial charge is 0.148 e. The van der Waals surface area contributed by atoms with Crippen LogP contribution in [-0.2, 0) is 0 Å². The minimum atomic E-state index is 0.424. The van der Waals surface area contributed by atoms with Gasteiger partial charge in [-0.1, -0.05) is 17.7 Å². The quantitative estimate of drug-likeness (QED) is 0.836. The molecule has 0 saturated heterocycles. The molecule has 0 atom stereocenters. The monoisotopic (exact) mass is 273 g/mol. The molecule has 96 valence electrons. The minimum absolute atomic E-state index is 0.424. The number of nitriles is 1. The molecular weight excluding hydrogens is 262 g/mol. The van der Waals surface area contributed by atoms with Crippen molar-refractivity contribution in [2.24, 2.45) is 0 Å². The summed E-state index contributed by atoms with van der Waals surface area (Å²) in [6.45, 7) is 1.95. The fourth-order valence-corrected chi connectivity index (χ4v) is 1.89. The predicted octanol–water partition coefficient (Wildman–Crippen LogP) is 4.32. The van der Waals surface area contributed by atoms with Crippen molar-refractivity contribution in [3.8, 4) is 23.3 Å². The summed E-state index contributed by atoms with van der Waals surface area (Å²) >= 11 is 6.11. The SMILES string of the molecule is COc1ccc(C#N)c(Oc2ccc(C)cc2Cl)c1. The normalized spacial score (nSPS) is 9.79. The lowest BCUT2D eigenvalue weighted by Crippen LogP contribution is -1.91. The van der Waals surface area contributed by atoms with Gasteiger partial charge in [0, 0.05) is 6.07 Å². The van der Waals surface area contributed by atoms with Gasteiger partial charge in [-0.25, -0.2) is 0 Å². The largest absolute Gasteiger partial charge is 0.497 e. The van der Waals surface area contributed by atoms with Gasteiger partial charge in [0.05, 0.1) is 17.7 Å². The molecule has 0 radical (unpaired) electrons. The topological polar surface area (TPSA) is 42.2 Å². The highest BCUT2D eigenvalue weighted by molar-refractivity contribution is 6.32. The first-order valence-corrected chi connectivity index (χ1v) is 6.04. The van der Waals surface area contributed by atoms with Gasteiger partial charge >= 0.3 is 0 Å². The molecule has 0 aliphatic rings. The van der Waals surface area contributed by atoms with Gasteiger partial charge in [-0.3, -0.25) is 0 Å². The first kappa shape index (κ1) is 13.3. The maximum absolute atomic E-state index is 9.07. The highest BCUT2D eigenvalue weighted by Gasteiger charge is 2.09. The number of hydrogen-bond donors (Lipinski definition) is 0. The Labute approximate surface area is 117 Å². The Morgan fingerprint density at radius 1 is 1.11 bits per heavy atom. The van der Waals surface area contributed by atoms with Crippen LogP contribution < -0.4 is 9.47 Å². The molecule has 0 amide bonds. The highest BCUT2D eigenvalue weighted by Crippen LogP contribution is 2.33. The minimum Gasteiger partial charge on any atom is -0.497 e. The second-order valence-corrected chi connectivity index (χ2v) is 4.42. The van der Waals surface area contributed by atoms with Crippen LogP contribution in [0.25, 0.3) is 0 Å². The summed E-state index contributed by atoms with van der Waals surface area (Å²) in [4.78, 5) is 0. The second kappa shape index (κ2) is 5.64. The molecule has 0 aromatic heterocycles. The maximum atomic E-state index is 9.07. The van der Waals surface area contributed by atoms with E-state index in [0.717, 1.165) is 5.56 Å². The number of rotatable bonds is 3. The van der Waals surface area contributed by atoms with Crippen LogP contribution in [0.15, 0.2) is 36.4 Å². The Hall–Kier alpha value is -2.18. The zero-order chi connectivity index (χ0) is 13.8. The molecule has 0 spiro atoms. The molecule has 0 aliphatic carbocycles. The van der Waals surface area contributed by atoms with Crippen molar-refractivity contribution in [2.45, 2.75) is 6.92 Å². The van der Waals surface area contributed by atoms with Crippen LogP contribution in [0, 0.1) is 18.3 Å². The summed E-state index contributed by atoms with van der Waals surface area (Å²) in [5, 5.41) is 9.58. The molecule has 2 aromatic carbocycles. The molecule has 0 fully saturated rings. The van der Waals surface area contributed by atoms with E-state index in [4.69, 9.17) is 26.3 Å². The van der Waals surface area contributed by atoms with Crippen molar-refractivity contribution >= 4 is 11.6 Å². The number of halogens is 1. The lowest BCUT2D eigenvalue weighted by molar-refractivity contribution is 0.409. The molecule has 3 nitrogen and oxygen atoms in total. The van der Waals surface area contributed by atoms with E-state index in [1.165, 1.54) is 0 Å². The van der Waals surface area contributed by atoms with Crippen LogP contribution in [-0.4, -0.2) is 7.11 Å². The predicted molar refractivity (Wildman–Crippen MR) is 74.0 cm³/mol. The highest BCUT2D eigenvalue weighted by atomic mass is 35.5. The third-order valence-electron chi connectivity index (χ3n) is 2.62. The summed E-state index contributed by atoms with van der Waals surface area (Å²) < 4.78 is 10.8. The Morgan fingerprint density at radius 3 is 2.53 bits per heavy atom. The van der Waals surface area contributed by atoms with Crippen molar-refractivity contribution in [3.63, 3.8) is 0 Å². The summed E-state index contributed by atoms with van der Waals surface area (Å²) in [5.41, 5.74) is 1.47. The lowest BCUT2D eigenvalue weighted by Gasteiger charge is -2.10. The van der Waals surface area contributed by atoms with E-state index in [1.807, 2.05) is 19.1 Å². The molecule has 0 N–H and O–H groups in total. The molecule has 2 aromatic rings. The Bertz CT molecular complexity index is 647. The lowest BCUT2D eigenvalue weighted by atomic mass is 10.2. The third-order valence-corrected chi connectivity index (χ3v) is 2.91. The van der Waals surface area contributed by atoms with Crippen LogP contribution in [0.2, 0.25) is 5.02 Å². The number of benzene rings is 2. The van der Waals surface area contributed by atoms with Crippen molar-refractivity contribution in [3.05, 3.63) is 52.5 Å². The number of methoxy groups -OCH3 is 1. The fourth-order valence-electron chi connectivity index (χ4n) is 1.61. The van der Waals surface area contributed by atoms with E-state index in [9.17, 15) is 0 Å². The van der Waals surface area contributed by atoms with Crippen molar-refractivity contribution in [1.82, 2.24) is 0 Å². The summed E-state index contributed by atoms with van der Waals surface area (Å²) in [6, 6.07) is 12.6. The summed E-state index contributed by atoms with van der Waals surface area (Å²) in [5.74, 6) is 1.56. The number of nitrogens with zero attached hydrogens (tertiary/aromatic N) is 1. The average molecular weight is 274 g/mol. The van der Waals surface area contributed by atoms with E-state index in [-0.39, 0.29) is 0 Å². The van der Waals surface area contributed by atoms with Gasteiger partial charge in [-0.2, -0.15) is 5.26 Å². The van der Waals surface area contributed by atoms with E-state index >= 15 is 0 Å². The molecule has 4 heteroatoms. The van der Waals surface area contributed by atoms with E-state index < -0.39 is 0 Å². The molecule has 19 heavy (non-hydrogen) atoms. The van der Waals surface area contributed by atoms with E-state index in [1.54, 1.807) is 31.4 Å². The Morgan fingerprint density at radius 2 is 1.89 bits per heavy atom. The van der Waals surface area contributed by atoms with Crippen molar-refractivity contribution in [2.75, 3.05) is 7.11 Å². The third kappa shape index (κ3) is 2.98. The zero-order valence-electron chi connectivity index (χ0n) is 10.6. The fraction of sp³-hybridized carbons (Fsp3) is 0.133. The summed E-state index contributed by atoms with van der Waals surface area (Å²) in [7, 11) is 1.56. The Balaban J connectivity index is 2.39. The van der Waals surface area contributed by atoms with Crippen LogP contribution in [0.4, 0.5) is 0 Å². The molecule has 0 unspecified atom stereocenters. The van der Waals surface area contributed by atoms with E-state index in [0.29, 0.717) is 27.8 Å². The summed E-state index contributed by atoms with van der Waals surface area (Å²) in [6.07, 6.45) is 0. The van der Waals surface area contributed by atoms with Crippen LogP contribution in [0.5, 0.6) is 17.2 Å². The molecule has 0 saturated carbocycles. The number of hydrogen-bond acceptors (Lipinski definition) is 3. The first-order valence-electron chi connectivity index (χ1n) is 5.66. The molecular formula is C15H12ClNO2. The maximum Gasteiger partial charge on any atom is 0.148 e. The van der Waals surface area contributed by atoms with E-state index in [2.05, 4.69) is 6.07 Å². The van der Waals surface area contributed by atoms with Gasteiger partial charge < -0.3 is 9.47 Å². The molecule has 0 bridgehead atoms. The molecule has 2 rings (SSSR count). The van der Waals surface area contributed by atoms with Crippen LogP contribution in [0.1, 0.15) is 11.1 Å². The Kier molecular flexibility index (Phi) is 3.94. The van der Waals surface area contributed by atoms with Gasteiger partial charge in [0.1, 0.15) is 23.3 Å². The van der Waals surface area contributed by atoms with Crippen molar-refractivity contribution in [1.29, 1.82) is 5.26 Å². The van der Waals surface area contributed by atoms with Crippen LogP contribution in [0.3, 0.4) is 0 Å². The number of aryl methyl sites for hydroxylation is 1. The second-order valence-electron chi connectivity index (χ2n) is 4.01. The standard InChI is InChI=1S/C15H12ClNO2/c1-10-3-6-14(13(16)7-10)19-15-8-12(18-2)5-4-11(15)9-17/h3-8H,1-2H3.